The van der Waals surface area contributed by atoms with Gasteiger partial charge in [-0.2, -0.15) is 19.6 Å². The molecule has 4 aromatic rings. The van der Waals surface area contributed by atoms with Crippen LogP contribution >= 0.6 is 0 Å². The summed E-state index contributed by atoms with van der Waals surface area (Å²) in [5.74, 6) is 0.538. The van der Waals surface area contributed by atoms with Crippen LogP contribution in [0, 0.1) is 5.82 Å². The van der Waals surface area contributed by atoms with Gasteiger partial charge in [-0.25, -0.2) is 4.39 Å². The topological polar surface area (TPSA) is 153 Å². The van der Waals surface area contributed by atoms with Crippen molar-refractivity contribution >= 4 is 29.1 Å². The summed E-state index contributed by atoms with van der Waals surface area (Å²) in [5.41, 5.74) is 12.8. The smallest absolute Gasteiger partial charge is 0.255 e. The van der Waals surface area contributed by atoms with Crippen molar-refractivity contribution < 1.29 is 18.3 Å². The van der Waals surface area contributed by atoms with Crippen LogP contribution in [0.3, 0.4) is 0 Å². The summed E-state index contributed by atoms with van der Waals surface area (Å²) < 4.78 is 26.6. The number of amides is 1. The first kappa shape index (κ1) is 23.4. The van der Waals surface area contributed by atoms with Crippen molar-refractivity contribution in [3.63, 3.8) is 0 Å². The molecular weight excluding hydrogens is 469 g/mol. The average Bonchev–Trinajstić information content (AvgIpc) is 3.54. The fraction of sp³-hybridized carbons (Fsp3) is 0.304. The Morgan fingerprint density at radius 2 is 2.00 bits per heavy atom. The van der Waals surface area contributed by atoms with Gasteiger partial charge in [0.2, 0.25) is 11.9 Å². The molecule has 3 aromatic heterocycles. The molecule has 1 aliphatic heterocycles. The number of aromatic nitrogens is 4. The standard InChI is InChI=1S/C23H26FN9O3/c24-16-12-15(36-14-20(25)34)3-4-18(16)32-9-7-31(8-10-32)6-5-27-23-28-21-13-17(19-2-1-11-35-19)30-33(21)22(26)29-23/h1-4,11-13H,5-10,14H2,(H2,25,34)(H3,26,27,28,29). The molecule has 0 radical (unpaired) electrons. The second-order valence-electron chi connectivity index (χ2n) is 8.31. The van der Waals surface area contributed by atoms with Crippen molar-refractivity contribution in [2.24, 2.45) is 5.73 Å². The van der Waals surface area contributed by atoms with Gasteiger partial charge in [-0.15, -0.1) is 0 Å². The van der Waals surface area contributed by atoms with E-state index in [2.05, 4.69) is 25.3 Å². The number of carbonyl (C=O) groups is 1. The summed E-state index contributed by atoms with van der Waals surface area (Å²) in [4.78, 5) is 23.9. The zero-order valence-electron chi connectivity index (χ0n) is 19.4. The number of fused-ring (bicyclic) bond motifs is 1. The predicted molar refractivity (Wildman–Crippen MR) is 131 cm³/mol. The number of nitrogen functional groups attached to an aromatic ring is 1. The molecule has 1 aromatic carbocycles. The Hall–Kier alpha value is -4.39. The lowest BCUT2D eigenvalue weighted by atomic mass is 10.2. The van der Waals surface area contributed by atoms with Crippen LogP contribution in [0.2, 0.25) is 0 Å². The van der Waals surface area contributed by atoms with Crippen LogP contribution in [-0.2, 0) is 4.79 Å². The number of furan rings is 1. The molecule has 5 N–H and O–H groups in total. The lowest BCUT2D eigenvalue weighted by Crippen LogP contribution is -2.48. The van der Waals surface area contributed by atoms with Gasteiger partial charge in [0, 0.05) is 51.4 Å². The summed E-state index contributed by atoms with van der Waals surface area (Å²) >= 11 is 0. The van der Waals surface area contributed by atoms with Crippen LogP contribution in [0.5, 0.6) is 5.75 Å². The van der Waals surface area contributed by atoms with Crippen molar-refractivity contribution in [3.8, 4) is 17.2 Å². The second-order valence-corrected chi connectivity index (χ2v) is 8.31. The third-order valence-electron chi connectivity index (χ3n) is 5.85. The first-order chi connectivity index (χ1) is 17.5. The number of ether oxygens (including phenoxy) is 1. The predicted octanol–water partition coefficient (Wildman–Crippen LogP) is 1.20. The number of nitrogens with two attached hydrogens (primary N) is 2. The monoisotopic (exact) mass is 495 g/mol. The van der Waals surface area contributed by atoms with Gasteiger partial charge in [0.05, 0.1) is 12.0 Å². The van der Waals surface area contributed by atoms with Gasteiger partial charge in [-0.1, -0.05) is 0 Å². The Labute approximate surface area is 205 Å². The molecule has 0 spiro atoms. The van der Waals surface area contributed by atoms with Crippen molar-refractivity contribution in [2.45, 2.75) is 0 Å². The van der Waals surface area contributed by atoms with E-state index in [9.17, 15) is 9.18 Å². The summed E-state index contributed by atoms with van der Waals surface area (Å²) in [6.07, 6.45) is 1.58. The Balaban J connectivity index is 1.12. The third kappa shape index (κ3) is 5.15. The van der Waals surface area contributed by atoms with Gasteiger partial charge in [-0.3, -0.25) is 9.69 Å². The number of piperazine rings is 1. The van der Waals surface area contributed by atoms with E-state index in [0.717, 1.165) is 19.6 Å². The maximum atomic E-state index is 14.6. The molecule has 0 saturated carbocycles. The number of hydrogen-bond donors (Lipinski definition) is 3. The fourth-order valence-electron chi connectivity index (χ4n) is 4.06. The molecule has 12 nitrogen and oxygen atoms in total. The molecule has 188 valence electrons. The molecule has 1 amide bonds. The van der Waals surface area contributed by atoms with Gasteiger partial charge in [-0.05, 0) is 24.3 Å². The first-order valence-electron chi connectivity index (χ1n) is 11.5. The van der Waals surface area contributed by atoms with E-state index in [1.54, 1.807) is 30.5 Å². The highest BCUT2D eigenvalue weighted by atomic mass is 19.1. The zero-order chi connectivity index (χ0) is 25.1. The van der Waals surface area contributed by atoms with Gasteiger partial charge < -0.3 is 30.8 Å². The SMILES string of the molecule is NC(=O)COc1ccc(N2CCN(CCNc3nc(N)n4nc(-c5ccco5)cc4n3)CC2)c(F)c1. The van der Waals surface area contributed by atoms with Crippen molar-refractivity contribution in [3.05, 3.63) is 48.5 Å². The van der Waals surface area contributed by atoms with Crippen LogP contribution in [0.4, 0.5) is 22.0 Å². The maximum Gasteiger partial charge on any atom is 0.255 e. The molecule has 1 aliphatic rings. The molecule has 0 bridgehead atoms. The second kappa shape index (κ2) is 10.1. The van der Waals surface area contributed by atoms with Crippen LogP contribution in [0.15, 0.2) is 47.1 Å². The van der Waals surface area contributed by atoms with Gasteiger partial charge >= 0.3 is 0 Å². The van der Waals surface area contributed by atoms with E-state index in [-0.39, 0.29) is 18.3 Å². The van der Waals surface area contributed by atoms with Crippen LogP contribution in [-0.4, -0.2) is 76.3 Å². The molecule has 4 heterocycles. The quantitative estimate of drug-likeness (QED) is 0.309. The Morgan fingerprint density at radius 1 is 1.17 bits per heavy atom. The van der Waals surface area contributed by atoms with E-state index in [0.29, 0.717) is 48.4 Å². The number of rotatable bonds is 9. The number of primary amides is 1. The summed E-state index contributed by atoms with van der Waals surface area (Å²) in [5, 5.41) is 7.61. The molecule has 36 heavy (non-hydrogen) atoms. The van der Waals surface area contributed by atoms with E-state index in [1.807, 2.05) is 11.0 Å². The minimum atomic E-state index is -0.609. The molecule has 0 unspecified atom stereocenters. The average molecular weight is 496 g/mol. The lowest BCUT2D eigenvalue weighted by molar-refractivity contribution is -0.119. The van der Waals surface area contributed by atoms with Crippen LogP contribution < -0.4 is 26.4 Å². The van der Waals surface area contributed by atoms with Crippen molar-refractivity contribution in [2.75, 3.05) is 61.8 Å². The van der Waals surface area contributed by atoms with Crippen molar-refractivity contribution in [1.82, 2.24) is 24.5 Å². The molecule has 13 heteroatoms. The minimum absolute atomic E-state index is 0.224. The molecule has 0 aliphatic carbocycles. The number of hydrogen-bond acceptors (Lipinski definition) is 10. The van der Waals surface area contributed by atoms with Crippen LogP contribution in [0.25, 0.3) is 17.1 Å². The molecule has 1 fully saturated rings. The molecule has 1 saturated heterocycles. The number of anilines is 3. The number of benzene rings is 1. The van der Waals surface area contributed by atoms with E-state index >= 15 is 0 Å². The van der Waals surface area contributed by atoms with Gasteiger partial charge in [0.25, 0.3) is 5.91 Å². The van der Waals surface area contributed by atoms with E-state index in [1.165, 1.54) is 10.6 Å². The highest BCUT2D eigenvalue weighted by molar-refractivity contribution is 5.75. The Bertz CT molecular complexity index is 1350. The third-order valence-corrected chi connectivity index (χ3v) is 5.85. The molecular formula is C23H26FN9O3. The Kier molecular flexibility index (Phi) is 6.54. The van der Waals surface area contributed by atoms with Crippen molar-refractivity contribution in [1.29, 1.82) is 0 Å². The fourth-order valence-corrected chi connectivity index (χ4v) is 4.06. The number of nitrogens with one attached hydrogen (secondary N) is 1. The van der Waals surface area contributed by atoms with Gasteiger partial charge in [0.15, 0.2) is 18.0 Å². The Morgan fingerprint density at radius 3 is 2.72 bits per heavy atom. The largest absolute Gasteiger partial charge is 0.484 e. The lowest BCUT2D eigenvalue weighted by Gasteiger charge is -2.36. The summed E-state index contributed by atoms with van der Waals surface area (Å²) in [7, 11) is 0. The number of nitrogens with zero attached hydrogens (tertiary/aromatic N) is 6. The summed E-state index contributed by atoms with van der Waals surface area (Å²) in [6, 6.07) is 9.96. The highest BCUT2D eigenvalue weighted by Gasteiger charge is 2.20. The number of carbonyl (C=O) groups excluding carboxylic acids is 1. The normalized spacial score (nSPS) is 14.3. The first-order valence-corrected chi connectivity index (χ1v) is 11.5. The molecule has 5 rings (SSSR count). The van der Waals surface area contributed by atoms with E-state index in [4.69, 9.17) is 20.6 Å². The highest BCUT2D eigenvalue weighted by Crippen LogP contribution is 2.25. The molecule has 0 atom stereocenters. The maximum absolute atomic E-state index is 14.6. The number of halogens is 1. The summed E-state index contributed by atoms with van der Waals surface area (Å²) in [6.45, 7) is 4.01. The van der Waals surface area contributed by atoms with Crippen LogP contribution in [0.1, 0.15) is 0 Å². The minimum Gasteiger partial charge on any atom is -0.484 e. The van der Waals surface area contributed by atoms with Gasteiger partial charge in [0.1, 0.15) is 17.3 Å². The zero-order valence-corrected chi connectivity index (χ0v) is 19.4. The van der Waals surface area contributed by atoms with E-state index < -0.39 is 11.7 Å².